The number of para-hydroxylation sites is 1. The molecule has 3 rings (SSSR count). The topological polar surface area (TPSA) is 81.2 Å². The third-order valence-corrected chi connectivity index (χ3v) is 5.25. The van der Waals surface area contributed by atoms with Crippen LogP contribution in [0.5, 0.6) is 0 Å². The summed E-state index contributed by atoms with van der Waals surface area (Å²) >= 11 is 0. The number of aliphatic carboxylic acids is 1. The zero-order valence-electron chi connectivity index (χ0n) is 15.1. The van der Waals surface area contributed by atoms with Gasteiger partial charge in [0.2, 0.25) is 11.8 Å². The van der Waals surface area contributed by atoms with Gasteiger partial charge in [-0.15, -0.1) is 0 Å². The molecule has 1 unspecified atom stereocenters. The molecule has 2 aliphatic rings. The molecule has 1 saturated heterocycles. The van der Waals surface area contributed by atoms with Crippen molar-refractivity contribution in [2.24, 2.45) is 0 Å². The monoisotopic (exact) mass is 359 g/mol. The number of aryl methyl sites for hydroxylation is 1. The first kappa shape index (κ1) is 18.4. The SMILES string of the molecule is CC(CC(=O)O)N1CCN(C(=O)CN2C(=O)CCc3ccccc32)CC1. The Labute approximate surface area is 153 Å². The minimum absolute atomic E-state index is 0.00855. The highest BCUT2D eigenvalue weighted by Crippen LogP contribution is 2.27. The van der Waals surface area contributed by atoms with Crippen molar-refractivity contribution in [3.63, 3.8) is 0 Å². The van der Waals surface area contributed by atoms with Gasteiger partial charge in [-0.1, -0.05) is 18.2 Å². The van der Waals surface area contributed by atoms with Gasteiger partial charge in [0.25, 0.3) is 0 Å². The Morgan fingerprint density at radius 1 is 1.12 bits per heavy atom. The highest BCUT2D eigenvalue weighted by Gasteiger charge is 2.29. The molecule has 0 aliphatic carbocycles. The molecule has 0 radical (unpaired) electrons. The van der Waals surface area contributed by atoms with Crippen LogP contribution in [0.1, 0.15) is 25.3 Å². The number of anilines is 1. The van der Waals surface area contributed by atoms with E-state index in [-0.39, 0.29) is 30.8 Å². The molecule has 2 aliphatic heterocycles. The van der Waals surface area contributed by atoms with E-state index >= 15 is 0 Å². The second-order valence-corrected chi connectivity index (χ2v) is 6.97. The summed E-state index contributed by atoms with van der Waals surface area (Å²) in [6.07, 6.45) is 1.26. The van der Waals surface area contributed by atoms with Crippen LogP contribution in [0.15, 0.2) is 24.3 Å². The van der Waals surface area contributed by atoms with Crippen molar-refractivity contribution >= 4 is 23.5 Å². The lowest BCUT2D eigenvalue weighted by molar-refractivity contribution is -0.139. The van der Waals surface area contributed by atoms with Crippen molar-refractivity contribution < 1.29 is 19.5 Å². The fraction of sp³-hybridized carbons (Fsp3) is 0.526. The molecule has 1 fully saturated rings. The van der Waals surface area contributed by atoms with Crippen LogP contribution in [-0.2, 0) is 20.8 Å². The first-order chi connectivity index (χ1) is 12.5. The maximum absolute atomic E-state index is 12.7. The molecular weight excluding hydrogens is 334 g/mol. The van der Waals surface area contributed by atoms with E-state index in [0.717, 1.165) is 17.7 Å². The molecule has 140 valence electrons. The van der Waals surface area contributed by atoms with Gasteiger partial charge in [-0.25, -0.2) is 0 Å². The number of nitrogens with zero attached hydrogens (tertiary/aromatic N) is 3. The summed E-state index contributed by atoms with van der Waals surface area (Å²) in [7, 11) is 0. The number of hydrogen-bond donors (Lipinski definition) is 1. The van der Waals surface area contributed by atoms with Crippen LogP contribution in [0.4, 0.5) is 5.69 Å². The van der Waals surface area contributed by atoms with Crippen LogP contribution >= 0.6 is 0 Å². The van der Waals surface area contributed by atoms with Gasteiger partial charge in [0.1, 0.15) is 6.54 Å². The summed E-state index contributed by atoms with van der Waals surface area (Å²) in [5.41, 5.74) is 1.94. The Morgan fingerprint density at radius 2 is 1.81 bits per heavy atom. The zero-order valence-corrected chi connectivity index (χ0v) is 15.1. The summed E-state index contributed by atoms with van der Waals surface area (Å²) in [6, 6.07) is 7.69. The summed E-state index contributed by atoms with van der Waals surface area (Å²) < 4.78 is 0. The third-order valence-electron chi connectivity index (χ3n) is 5.25. The molecule has 1 N–H and O–H groups in total. The third kappa shape index (κ3) is 4.04. The van der Waals surface area contributed by atoms with E-state index in [0.29, 0.717) is 32.6 Å². The zero-order chi connectivity index (χ0) is 18.7. The highest BCUT2D eigenvalue weighted by molar-refractivity contribution is 6.01. The lowest BCUT2D eigenvalue weighted by Crippen LogP contribution is -2.54. The molecule has 1 aromatic carbocycles. The van der Waals surface area contributed by atoms with Crippen molar-refractivity contribution in [2.45, 2.75) is 32.2 Å². The van der Waals surface area contributed by atoms with Crippen LogP contribution in [0, 0.1) is 0 Å². The normalized spacial score (nSPS) is 19.2. The summed E-state index contributed by atoms with van der Waals surface area (Å²) in [5, 5.41) is 8.91. The van der Waals surface area contributed by atoms with E-state index in [1.165, 1.54) is 0 Å². The van der Waals surface area contributed by atoms with E-state index in [1.807, 2.05) is 31.2 Å². The van der Waals surface area contributed by atoms with E-state index in [2.05, 4.69) is 4.90 Å². The first-order valence-electron chi connectivity index (χ1n) is 9.07. The molecule has 1 aromatic rings. The molecule has 0 spiro atoms. The molecule has 26 heavy (non-hydrogen) atoms. The summed E-state index contributed by atoms with van der Waals surface area (Å²) in [4.78, 5) is 41.3. The van der Waals surface area contributed by atoms with Crippen molar-refractivity contribution in [1.29, 1.82) is 0 Å². The fourth-order valence-corrected chi connectivity index (χ4v) is 3.70. The van der Waals surface area contributed by atoms with Gasteiger partial charge >= 0.3 is 5.97 Å². The van der Waals surface area contributed by atoms with Gasteiger partial charge in [0.05, 0.1) is 6.42 Å². The second kappa shape index (κ2) is 7.86. The van der Waals surface area contributed by atoms with E-state index in [1.54, 1.807) is 9.80 Å². The largest absolute Gasteiger partial charge is 0.481 e. The van der Waals surface area contributed by atoms with Crippen molar-refractivity contribution in [3.8, 4) is 0 Å². The fourth-order valence-electron chi connectivity index (χ4n) is 3.70. The predicted octanol–water partition coefficient (Wildman–Crippen LogP) is 0.973. The van der Waals surface area contributed by atoms with Crippen LogP contribution in [-0.4, -0.2) is 71.5 Å². The quantitative estimate of drug-likeness (QED) is 0.847. The number of hydrogen-bond acceptors (Lipinski definition) is 4. The average molecular weight is 359 g/mol. The number of carbonyl (C=O) groups excluding carboxylic acids is 2. The predicted molar refractivity (Wildman–Crippen MR) is 97.0 cm³/mol. The number of amides is 2. The van der Waals surface area contributed by atoms with Crippen LogP contribution in [0.25, 0.3) is 0 Å². The van der Waals surface area contributed by atoms with E-state index < -0.39 is 5.97 Å². The number of benzene rings is 1. The van der Waals surface area contributed by atoms with Gasteiger partial charge in [0, 0.05) is 44.3 Å². The molecule has 0 aromatic heterocycles. The Kier molecular flexibility index (Phi) is 5.56. The number of piperazine rings is 1. The number of rotatable bonds is 5. The molecule has 7 heteroatoms. The minimum Gasteiger partial charge on any atom is -0.481 e. The molecule has 2 amide bonds. The Morgan fingerprint density at radius 3 is 2.50 bits per heavy atom. The lowest BCUT2D eigenvalue weighted by atomic mass is 10.0. The number of carbonyl (C=O) groups is 3. The van der Waals surface area contributed by atoms with Crippen LogP contribution in [0.3, 0.4) is 0 Å². The Balaban J connectivity index is 1.58. The summed E-state index contributed by atoms with van der Waals surface area (Å²) in [5.74, 6) is -0.871. The molecule has 0 bridgehead atoms. The number of carboxylic acid groups (broad SMARTS) is 1. The number of fused-ring (bicyclic) bond motifs is 1. The number of carboxylic acids is 1. The van der Waals surface area contributed by atoms with Gasteiger partial charge in [-0.2, -0.15) is 0 Å². The minimum atomic E-state index is -0.807. The molecule has 1 atom stereocenters. The molecular formula is C19H25N3O4. The Bertz CT molecular complexity index is 698. The smallest absolute Gasteiger partial charge is 0.304 e. The highest BCUT2D eigenvalue weighted by atomic mass is 16.4. The van der Waals surface area contributed by atoms with Crippen molar-refractivity contribution in [2.75, 3.05) is 37.6 Å². The maximum atomic E-state index is 12.7. The standard InChI is InChI=1S/C19H25N3O4/c1-14(12-19(25)26)20-8-10-21(11-9-20)18(24)13-22-16-5-3-2-4-15(16)6-7-17(22)23/h2-5,14H,6-13H2,1H3,(H,25,26). The molecule has 7 nitrogen and oxygen atoms in total. The molecule has 0 saturated carbocycles. The van der Waals surface area contributed by atoms with Gasteiger partial charge in [0.15, 0.2) is 0 Å². The first-order valence-corrected chi connectivity index (χ1v) is 9.07. The Hall–Kier alpha value is -2.41. The summed E-state index contributed by atoms with van der Waals surface area (Å²) in [6.45, 7) is 4.41. The van der Waals surface area contributed by atoms with Gasteiger partial charge in [-0.3, -0.25) is 19.3 Å². The van der Waals surface area contributed by atoms with Crippen LogP contribution < -0.4 is 4.90 Å². The molecule has 2 heterocycles. The van der Waals surface area contributed by atoms with Crippen LogP contribution in [0.2, 0.25) is 0 Å². The maximum Gasteiger partial charge on any atom is 0.304 e. The van der Waals surface area contributed by atoms with Crippen molar-refractivity contribution in [1.82, 2.24) is 9.80 Å². The van der Waals surface area contributed by atoms with Gasteiger partial charge < -0.3 is 14.9 Å². The van der Waals surface area contributed by atoms with E-state index in [9.17, 15) is 14.4 Å². The lowest BCUT2D eigenvalue weighted by Gasteiger charge is -2.38. The van der Waals surface area contributed by atoms with Gasteiger partial charge in [-0.05, 0) is 25.0 Å². The second-order valence-electron chi connectivity index (χ2n) is 6.97. The van der Waals surface area contributed by atoms with Crippen molar-refractivity contribution in [3.05, 3.63) is 29.8 Å². The van der Waals surface area contributed by atoms with E-state index in [4.69, 9.17) is 5.11 Å². The average Bonchev–Trinajstić information content (AvgIpc) is 2.63.